The highest BCUT2D eigenvalue weighted by atomic mass is 32.2. The largest absolute Gasteiger partial charge is 0.423 e. The van der Waals surface area contributed by atoms with Gasteiger partial charge in [-0.05, 0) is 84.9 Å². The predicted molar refractivity (Wildman–Crippen MR) is 128 cm³/mol. The molecule has 4 aromatic rings. The third kappa shape index (κ3) is 5.32. The molecule has 0 aliphatic rings. The number of carbonyl (C=O) groups excluding carboxylic acids is 1. The summed E-state index contributed by atoms with van der Waals surface area (Å²) in [6, 6.07) is 25.9. The molecule has 4 rings (SSSR count). The minimum absolute atomic E-state index is 0.316. The number of ether oxygens (including phenoxy) is 1. The van der Waals surface area contributed by atoms with Crippen molar-refractivity contribution in [1.29, 1.82) is 0 Å². The van der Waals surface area contributed by atoms with Crippen molar-refractivity contribution in [3.8, 4) is 5.75 Å². The summed E-state index contributed by atoms with van der Waals surface area (Å²) < 4.78 is 46.0. The second kappa shape index (κ2) is 10.6. The Kier molecular flexibility index (Phi) is 7.35. The Labute approximate surface area is 201 Å². The van der Waals surface area contributed by atoms with Gasteiger partial charge in [0.15, 0.2) is 14.7 Å². The van der Waals surface area contributed by atoms with Gasteiger partial charge in [0.25, 0.3) is 0 Å². The summed E-state index contributed by atoms with van der Waals surface area (Å²) >= 11 is 0. The molecule has 1 unspecified atom stereocenters. The molecular weight excluding hydrogens is 474 g/mol. The van der Waals surface area contributed by atoms with E-state index in [9.17, 15) is 17.8 Å². The monoisotopic (exact) mass is 493 g/mol. The van der Waals surface area contributed by atoms with Crippen molar-refractivity contribution in [2.45, 2.75) is 24.5 Å². The van der Waals surface area contributed by atoms with E-state index >= 15 is 0 Å². The van der Waals surface area contributed by atoms with E-state index in [0.29, 0.717) is 15.5 Å². The van der Waals surface area contributed by atoms with Crippen LogP contribution in [-0.2, 0) is 26.5 Å². The van der Waals surface area contributed by atoms with Crippen LogP contribution in [0, 0.1) is 11.6 Å². The van der Waals surface area contributed by atoms with Crippen LogP contribution in [0.2, 0.25) is 0 Å². The summed E-state index contributed by atoms with van der Waals surface area (Å²) in [6.07, 6.45) is 1.06. The average molecular weight is 494 g/mol. The Morgan fingerprint density at radius 2 is 1.32 bits per heavy atom. The maximum atomic E-state index is 13.6. The molecule has 0 heterocycles. The summed E-state index contributed by atoms with van der Waals surface area (Å²) in [4.78, 5) is 14.9. The van der Waals surface area contributed by atoms with E-state index < -0.39 is 27.7 Å². The van der Waals surface area contributed by atoms with Crippen molar-refractivity contribution < 1.29 is 22.5 Å². The Hall–Kier alpha value is -3.55. The lowest BCUT2D eigenvalue weighted by Crippen LogP contribution is -2.09. The summed E-state index contributed by atoms with van der Waals surface area (Å²) in [5.74, 6) is -0.987. The molecule has 0 aromatic heterocycles. The number of hydrogen-bond donors (Lipinski definition) is 0. The number of esters is 1. The van der Waals surface area contributed by atoms with Crippen LogP contribution in [0.15, 0.2) is 134 Å². The standard InChI is InChI=1S/C27H19F2O3S2/c1-2-27(30)32-21-11-17-24(18-12-21)34(31)26-6-4-3-5-25(26)33(22-13-7-19(28)8-14-22)23-15-9-20(29)10-16-23/h2-18H,1H2/q+1. The molecule has 0 spiro atoms. The fourth-order valence-electron chi connectivity index (χ4n) is 3.22. The van der Waals surface area contributed by atoms with Crippen molar-refractivity contribution in [1.82, 2.24) is 0 Å². The van der Waals surface area contributed by atoms with E-state index in [1.54, 1.807) is 60.7 Å². The highest BCUT2D eigenvalue weighted by Gasteiger charge is 2.33. The first kappa shape index (κ1) is 23.6. The maximum Gasteiger partial charge on any atom is 0.335 e. The van der Waals surface area contributed by atoms with Crippen LogP contribution in [0.3, 0.4) is 0 Å². The van der Waals surface area contributed by atoms with E-state index in [-0.39, 0.29) is 11.6 Å². The van der Waals surface area contributed by atoms with Gasteiger partial charge >= 0.3 is 5.97 Å². The first-order valence-corrected chi connectivity index (χ1v) is 12.5. The molecule has 0 aliphatic heterocycles. The lowest BCUT2D eigenvalue weighted by atomic mass is 10.3. The van der Waals surface area contributed by atoms with Gasteiger partial charge in [-0.1, -0.05) is 18.7 Å². The fraction of sp³-hybridized carbons (Fsp3) is 0. The summed E-state index contributed by atoms with van der Waals surface area (Å²) in [5, 5.41) is 0. The number of carbonyl (C=O) groups is 1. The predicted octanol–water partition coefficient (Wildman–Crippen LogP) is 6.32. The molecule has 7 heteroatoms. The second-order valence-electron chi connectivity index (χ2n) is 7.03. The van der Waals surface area contributed by atoms with Gasteiger partial charge in [0.05, 0.1) is 15.7 Å². The Balaban J connectivity index is 1.77. The summed E-state index contributed by atoms with van der Waals surface area (Å²) in [6.45, 7) is 3.36. The smallest absolute Gasteiger partial charge is 0.335 e. The van der Waals surface area contributed by atoms with Crippen LogP contribution < -0.4 is 4.74 Å². The van der Waals surface area contributed by atoms with Gasteiger partial charge < -0.3 is 4.74 Å². The van der Waals surface area contributed by atoms with Crippen molar-refractivity contribution in [2.75, 3.05) is 0 Å². The zero-order valence-corrected chi connectivity index (χ0v) is 19.5. The second-order valence-corrected chi connectivity index (χ2v) is 10.5. The average Bonchev–Trinajstić information content (AvgIpc) is 2.87. The third-order valence-corrected chi connectivity index (χ3v) is 8.66. The molecule has 0 aliphatic carbocycles. The lowest BCUT2D eigenvalue weighted by Gasteiger charge is -2.12. The molecule has 34 heavy (non-hydrogen) atoms. The fourth-order valence-corrected chi connectivity index (χ4v) is 6.87. The first-order chi connectivity index (χ1) is 16.5. The Bertz CT molecular complexity index is 1290. The van der Waals surface area contributed by atoms with E-state index in [0.717, 1.165) is 20.8 Å². The van der Waals surface area contributed by atoms with Crippen molar-refractivity contribution in [3.63, 3.8) is 0 Å². The number of halogens is 2. The van der Waals surface area contributed by atoms with Crippen molar-refractivity contribution >= 4 is 27.7 Å². The lowest BCUT2D eigenvalue weighted by molar-refractivity contribution is -0.128. The van der Waals surface area contributed by atoms with Crippen molar-refractivity contribution in [2.24, 2.45) is 0 Å². The molecule has 170 valence electrons. The van der Waals surface area contributed by atoms with E-state index in [4.69, 9.17) is 4.74 Å². The van der Waals surface area contributed by atoms with E-state index in [2.05, 4.69) is 6.58 Å². The van der Waals surface area contributed by atoms with Gasteiger partial charge in [-0.15, -0.1) is 0 Å². The maximum absolute atomic E-state index is 13.6. The minimum atomic E-state index is -1.56. The van der Waals surface area contributed by atoms with Crippen molar-refractivity contribution in [3.05, 3.63) is 121 Å². The van der Waals surface area contributed by atoms with Gasteiger partial charge in [0, 0.05) is 11.0 Å². The highest BCUT2D eigenvalue weighted by molar-refractivity contribution is 7.97. The van der Waals surface area contributed by atoms with Gasteiger partial charge in [0.2, 0.25) is 0 Å². The van der Waals surface area contributed by atoms with Gasteiger partial charge in [0.1, 0.15) is 28.3 Å². The summed E-state index contributed by atoms with van der Waals surface area (Å²) in [5.41, 5.74) is 0. The van der Waals surface area contributed by atoms with Gasteiger partial charge in [-0.2, -0.15) is 0 Å². The first-order valence-electron chi connectivity index (χ1n) is 10.2. The van der Waals surface area contributed by atoms with Crippen LogP contribution in [-0.4, -0.2) is 10.2 Å². The van der Waals surface area contributed by atoms with Crippen LogP contribution in [0.5, 0.6) is 5.75 Å². The molecule has 0 saturated carbocycles. The summed E-state index contributed by atoms with van der Waals surface area (Å²) in [7, 11) is -2.32. The molecule has 0 amide bonds. The van der Waals surface area contributed by atoms with E-state index in [1.165, 1.54) is 24.3 Å². The molecule has 0 saturated heterocycles. The SMILES string of the molecule is C=CC(=O)Oc1ccc(S(=O)c2ccccc2[S+](c2ccc(F)cc2)c2ccc(F)cc2)cc1. The minimum Gasteiger partial charge on any atom is -0.423 e. The topological polar surface area (TPSA) is 43.4 Å². The van der Waals surface area contributed by atoms with Crippen LogP contribution in [0.4, 0.5) is 8.78 Å². The highest BCUT2D eigenvalue weighted by Crippen LogP contribution is 2.36. The Morgan fingerprint density at radius 1 is 0.794 bits per heavy atom. The van der Waals surface area contributed by atoms with Gasteiger partial charge in [-0.3, -0.25) is 0 Å². The third-order valence-electron chi connectivity index (χ3n) is 4.79. The molecular formula is C27H19F2O3S2+. The Morgan fingerprint density at radius 3 is 1.85 bits per heavy atom. The van der Waals surface area contributed by atoms with Crippen LogP contribution in [0.1, 0.15) is 0 Å². The number of benzene rings is 4. The zero-order valence-electron chi connectivity index (χ0n) is 17.8. The number of hydrogen-bond acceptors (Lipinski definition) is 3. The molecule has 0 bridgehead atoms. The van der Waals surface area contributed by atoms with Crippen LogP contribution >= 0.6 is 0 Å². The molecule has 4 aromatic carbocycles. The van der Waals surface area contributed by atoms with Gasteiger partial charge in [-0.25, -0.2) is 17.8 Å². The molecule has 0 fully saturated rings. The molecule has 0 N–H and O–H groups in total. The normalized spacial score (nSPS) is 11.7. The molecule has 1 atom stereocenters. The number of rotatable bonds is 7. The molecule has 0 radical (unpaired) electrons. The zero-order chi connectivity index (χ0) is 24.1. The molecule has 3 nitrogen and oxygen atoms in total. The van der Waals surface area contributed by atoms with E-state index in [1.807, 2.05) is 12.1 Å². The van der Waals surface area contributed by atoms with Crippen LogP contribution in [0.25, 0.3) is 0 Å². The quantitative estimate of drug-likeness (QED) is 0.131.